The van der Waals surface area contributed by atoms with Crippen LogP contribution in [0, 0.1) is 0 Å². The first kappa shape index (κ1) is 13.8. The summed E-state index contributed by atoms with van der Waals surface area (Å²) in [6, 6.07) is 11.4. The number of H-pyrrole nitrogens is 1. The number of nitrogens with zero attached hydrogens (tertiary/aromatic N) is 2. The molecular weight excluding hydrogens is 292 g/mol. The number of hydrogen-bond donors (Lipinski definition) is 2. The van der Waals surface area contributed by atoms with Crippen LogP contribution < -0.4 is 10.9 Å². The van der Waals surface area contributed by atoms with Gasteiger partial charge in [0.2, 0.25) is 5.56 Å². The minimum absolute atomic E-state index is 0.225. The maximum absolute atomic E-state index is 12.2. The molecule has 1 amide bonds. The second-order valence-corrected chi connectivity index (χ2v) is 5.74. The van der Waals surface area contributed by atoms with Gasteiger partial charge in [-0.25, -0.2) is 4.98 Å². The molecule has 0 saturated heterocycles. The normalized spacial score (nSPS) is 14.1. The minimum atomic E-state index is -0.226. The average Bonchev–Trinajstić information content (AvgIpc) is 3.33. The van der Waals surface area contributed by atoms with Crippen LogP contribution in [0.2, 0.25) is 0 Å². The molecule has 1 aliphatic rings. The number of imidazole rings is 1. The van der Waals surface area contributed by atoms with Crippen LogP contribution >= 0.6 is 0 Å². The summed E-state index contributed by atoms with van der Waals surface area (Å²) in [5.41, 5.74) is 2.27. The Morgan fingerprint density at radius 3 is 2.83 bits per heavy atom. The molecule has 1 aliphatic carbocycles. The van der Waals surface area contributed by atoms with E-state index in [9.17, 15) is 9.59 Å². The van der Waals surface area contributed by atoms with E-state index in [4.69, 9.17) is 0 Å². The molecular formula is C17H16N4O2. The number of fused-ring (bicyclic) bond motifs is 1. The van der Waals surface area contributed by atoms with Gasteiger partial charge in [0.1, 0.15) is 5.82 Å². The SMILES string of the molecule is O=C(NCc1nc2ccccc2n1C1CC1)c1ccc(=O)[nH]c1. The van der Waals surface area contributed by atoms with E-state index >= 15 is 0 Å². The molecule has 2 heterocycles. The number of carbonyl (C=O) groups is 1. The van der Waals surface area contributed by atoms with Crippen molar-refractivity contribution in [2.24, 2.45) is 0 Å². The summed E-state index contributed by atoms with van der Waals surface area (Å²) in [6.07, 6.45) is 3.73. The number of aromatic nitrogens is 3. The number of para-hydroxylation sites is 2. The van der Waals surface area contributed by atoms with Crippen LogP contribution in [-0.2, 0) is 6.54 Å². The van der Waals surface area contributed by atoms with Crippen molar-refractivity contribution in [1.82, 2.24) is 19.9 Å². The topological polar surface area (TPSA) is 79.8 Å². The first-order valence-electron chi connectivity index (χ1n) is 7.65. The van der Waals surface area contributed by atoms with E-state index in [0.717, 1.165) is 29.7 Å². The summed E-state index contributed by atoms with van der Waals surface area (Å²) in [6.45, 7) is 0.364. The van der Waals surface area contributed by atoms with Gasteiger partial charge in [0.05, 0.1) is 23.1 Å². The molecule has 1 aromatic carbocycles. The van der Waals surface area contributed by atoms with Gasteiger partial charge in [-0.3, -0.25) is 9.59 Å². The number of hydrogen-bond acceptors (Lipinski definition) is 3. The van der Waals surface area contributed by atoms with Crippen molar-refractivity contribution in [1.29, 1.82) is 0 Å². The van der Waals surface area contributed by atoms with Crippen LogP contribution in [0.4, 0.5) is 0 Å². The lowest BCUT2D eigenvalue weighted by atomic mass is 10.2. The number of benzene rings is 1. The summed E-state index contributed by atoms with van der Waals surface area (Å²) in [7, 11) is 0. The smallest absolute Gasteiger partial charge is 0.253 e. The summed E-state index contributed by atoms with van der Waals surface area (Å²) in [5, 5.41) is 2.87. The fourth-order valence-electron chi connectivity index (χ4n) is 2.77. The summed E-state index contributed by atoms with van der Waals surface area (Å²) < 4.78 is 2.22. The van der Waals surface area contributed by atoms with Gasteiger partial charge in [0.15, 0.2) is 0 Å². The maximum Gasteiger partial charge on any atom is 0.253 e. The summed E-state index contributed by atoms with van der Waals surface area (Å²) >= 11 is 0. The van der Waals surface area contributed by atoms with Crippen molar-refractivity contribution < 1.29 is 4.79 Å². The fraction of sp³-hybridized carbons (Fsp3) is 0.235. The Morgan fingerprint density at radius 2 is 2.09 bits per heavy atom. The molecule has 6 heteroatoms. The van der Waals surface area contributed by atoms with Gasteiger partial charge in [-0.05, 0) is 31.0 Å². The number of nitrogens with one attached hydrogen (secondary N) is 2. The number of pyridine rings is 1. The summed E-state index contributed by atoms with van der Waals surface area (Å²) in [5.74, 6) is 0.641. The lowest BCUT2D eigenvalue weighted by Crippen LogP contribution is -2.25. The van der Waals surface area contributed by atoms with Crippen LogP contribution in [0.3, 0.4) is 0 Å². The highest BCUT2D eigenvalue weighted by atomic mass is 16.1. The van der Waals surface area contributed by atoms with Crippen molar-refractivity contribution in [3.8, 4) is 0 Å². The third kappa shape index (κ3) is 2.63. The number of rotatable bonds is 4. The van der Waals surface area contributed by atoms with Gasteiger partial charge in [0, 0.05) is 18.3 Å². The molecule has 3 aromatic rings. The largest absolute Gasteiger partial charge is 0.345 e. The van der Waals surface area contributed by atoms with Crippen LogP contribution in [-0.4, -0.2) is 20.4 Å². The van der Waals surface area contributed by atoms with Crippen LogP contribution in [0.15, 0.2) is 47.4 Å². The van der Waals surface area contributed by atoms with E-state index in [1.54, 1.807) is 0 Å². The molecule has 1 fully saturated rings. The molecule has 4 rings (SSSR count). The van der Waals surface area contributed by atoms with Crippen LogP contribution in [0.5, 0.6) is 0 Å². The lowest BCUT2D eigenvalue weighted by molar-refractivity contribution is 0.0949. The molecule has 0 radical (unpaired) electrons. The van der Waals surface area contributed by atoms with E-state index in [1.807, 2.05) is 18.2 Å². The first-order valence-corrected chi connectivity index (χ1v) is 7.65. The number of amides is 1. The Hall–Kier alpha value is -2.89. The molecule has 2 aromatic heterocycles. The number of aromatic amines is 1. The Balaban J connectivity index is 1.58. The van der Waals surface area contributed by atoms with Gasteiger partial charge in [-0.1, -0.05) is 12.1 Å². The van der Waals surface area contributed by atoms with Crippen molar-refractivity contribution >= 4 is 16.9 Å². The third-order valence-electron chi connectivity index (χ3n) is 4.03. The quantitative estimate of drug-likeness (QED) is 0.773. The van der Waals surface area contributed by atoms with E-state index in [1.165, 1.54) is 18.3 Å². The first-order chi connectivity index (χ1) is 11.2. The van der Waals surface area contributed by atoms with Crippen molar-refractivity contribution in [3.05, 3.63) is 64.3 Å². The van der Waals surface area contributed by atoms with Gasteiger partial charge >= 0.3 is 0 Å². The zero-order valence-corrected chi connectivity index (χ0v) is 12.5. The predicted molar refractivity (Wildman–Crippen MR) is 86.2 cm³/mol. The average molecular weight is 308 g/mol. The Kier molecular flexibility index (Phi) is 3.22. The van der Waals surface area contributed by atoms with Gasteiger partial charge in [0.25, 0.3) is 5.91 Å². The molecule has 23 heavy (non-hydrogen) atoms. The molecule has 1 saturated carbocycles. The molecule has 0 atom stereocenters. The van der Waals surface area contributed by atoms with E-state index in [2.05, 4.69) is 25.9 Å². The molecule has 0 aliphatic heterocycles. The molecule has 116 valence electrons. The molecule has 0 bridgehead atoms. The summed E-state index contributed by atoms with van der Waals surface area (Å²) in [4.78, 5) is 30.4. The lowest BCUT2D eigenvalue weighted by Gasteiger charge is -2.09. The number of carbonyl (C=O) groups excluding carboxylic acids is 1. The predicted octanol–water partition coefficient (Wildman–Crippen LogP) is 1.99. The van der Waals surface area contributed by atoms with Crippen molar-refractivity contribution in [2.75, 3.05) is 0 Å². The molecule has 6 nitrogen and oxygen atoms in total. The Morgan fingerprint density at radius 1 is 1.26 bits per heavy atom. The van der Waals surface area contributed by atoms with Crippen LogP contribution in [0.1, 0.15) is 35.1 Å². The molecule has 0 spiro atoms. The van der Waals surface area contributed by atoms with Gasteiger partial charge < -0.3 is 14.9 Å². The van der Waals surface area contributed by atoms with Crippen molar-refractivity contribution in [2.45, 2.75) is 25.4 Å². The second-order valence-electron chi connectivity index (χ2n) is 5.74. The minimum Gasteiger partial charge on any atom is -0.345 e. The molecule has 0 unspecified atom stereocenters. The van der Waals surface area contributed by atoms with Gasteiger partial charge in [-0.2, -0.15) is 0 Å². The standard InChI is InChI=1S/C17H16N4O2/c22-16-8-5-11(9-18-16)17(23)19-10-15-20-13-3-1-2-4-14(13)21(15)12-6-7-12/h1-5,8-9,12H,6-7,10H2,(H,18,22)(H,19,23). The Labute approximate surface area is 132 Å². The highest BCUT2D eigenvalue weighted by Crippen LogP contribution is 2.38. The monoisotopic (exact) mass is 308 g/mol. The highest BCUT2D eigenvalue weighted by molar-refractivity contribution is 5.93. The zero-order valence-electron chi connectivity index (χ0n) is 12.5. The fourth-order valence-corrected chi connectivity index (χ4v) is 2.77. The maximum atomic E-state index is 12.2. The van der Waals surface area contributed by atoms with E-state index in [0.29, 0.717) is 18.2 Å². The molecule has 2 N–H and O–H groups in total. The highest BCUT2D eigenvalue weighted by Gasteiger charge is 2.28. The van der Waals surface area contributed by atoms with E-state index in [-0.39, 0.29) is 11.5 Å². The zero-order chi connectivity index (χ0) is 15.8. The van der Waals surface area contributed by atoms with Crippen LogP contribution in [0.25, 0.3) is 11.0 Å². The van der Waals surface area contributed by atoms with Crippen molar-refractivity contribution in [3.63, 3.8) is 0 Å². The third-order valence-corrected chi connectivity index (χ3v) is 4.03. The van der Waals surface area contributed by atoms with E-state index < -0.39 is 0 Å². The second kappa shape index (κ2) is 5.39. The van der Waals surface area contributed by atoms with Gasteiger partial charge in [-0.15, -0.1) is 0 Å². The Bertz CT molecular complexity index is 917.